The minimum atomic E-state index is 0.371. The van der Waals surface area contributed by atoms with E-state index in [0.717, 1.165) is 22.0 Å². The molecule has 1 aromatic rings. The fourth-order valence-electron chi connectivity index (χ4n) is 2.18. The van der Waals surface area contributed by atoms with Gasteiger partial charge >= 0.3 is 0 Å². The van der Waals surface area contributed by atoms with Crippen molar-refractivity contribution in [1.82, 2.24) is 4.98 Å². The van der Waals surface area contributed by atoms with Gasteiger partial charge in [0.2, 0.25) is 0 Å². The van der Waals surface area contributed by atoms with Crippen molar-refractivity contribution in [2.45, 2.75) is 46.1 Å². The maximum atomic E-state index is 6.00. The molecule has 2 rings (SSSR count). The molecule has 0 saturated heterocycles. The van der Waals surface area contributed by atoms with Crippen molar-refractivity contribution in [3.8, 4) is 5.75 Å². The number of pyridine rings is 1. The SMILES string of the molecule is Cc1cc(O[C@@H]2CC[C@H](C)C2)c(Br)nc1C. The third-order valence-electron chi connectivity index (χ3n) is 3.33. The van der Waals surface area contributed by atoms with E-state index >= 15 is 0 Å². The highest BCUT2D eigenvalue weighted by molar-refractivity contribution is 9.10. The summed E-state index contributed by atoms with van der Waals surface area (Å²) < 4.78 is 6.83. The van der Waals surface area contributed by atoms with Crippen LogP contribution in [0.15, 0.2) is 10.7 Å². The number of hydrogen-bond acceptors (Lipinski definition) is 2. The quantitative estimate of drug-likeness (QED) is 0.765. The molecule has 1 aliphatic rings. The van der Waals surface area contributed by atoms with E-state index in [1.165, 1.54) is 24.8 Å². The van der Waals surface area contributed by atoms with Gasteiger partial charge in [0.05, 0.1) is 6.10 Å². The molecule has 0 N–H and O–H groups in total. The number of hydrogen-bond donors (Lipinski definition) is 0. The molecule has 0 amide bonds. The van der Waals surface area contributed by atoms with E-state index in [4.69, 9.17) is 4.74 Å². The van der Waals surface area contributed by atoms with E-state index < -0.39 is 0 Å². The molecule has 2 atom stereocenters. The van der Waals surface area contributed by atoms with Crippen LogP contribution in [0.1, 0.15) is 37.4 Å². The van der Waals surface area contributed by atoms with Gasteiger partial charge in [-0.15, -0.1) is 0 Å². The Balaban J connectivity index is 2.12. The monoisotopic (exact) mass is 283 g/mol. The first-order valence-electron chi connectivity index (χ1n) is 5.86. The van der Waals surface area contributed by atoms with Gasteiger partial charge in [0.15, 0.2) is 5.75 Å². The molecule has 1 fully saturated rings. The summed E-state index contributed by atoms with van der Waals surface area (Å²) in [5.74, 6) is 1.69. The van der Waals surface area contributed by atoms with Gasteiger partial charge in [-0.25, -0.2) is 4.98 Å². The third kappa shape index (κ3) is 2.57. The van der Waals surface area contributed by atoms with Gasteiger partial charge in [0.1, 0.15) is 4.60 Å². The van der Waals surface area contributed by atoms with Gasteiger partial charge in [-0.2, -0.15) is 0 Å². The van der Waals surface area contributed by atoms with Crippen molar-refractivity contribution in [3.63, 3.8) is 0 Å². The second-order valence-corrected chi connectivity index (χ2v) is 5.59. The van der Waals surface area contributed by atoms with E-state index in [-0.39, 0.29) is 0 Å². The number of halogens is 1. The number of aryl methyl sites for hydroxylation is 2. The second kappa shape index (κ2) is 4.74. The molecule has 2 nitrogen and oxygen atoms in total. The Hall–Kier alpha value is -0.570. The zero-order valence-corrected chi connectivity index (χ0v) is 11.7. The number of nitrogens with zero attached hydrogens (tertiary/aromatic N) is 1. The minimum Gasteiger partial charge on any atom is -0.488 e. The first-order valence-corrected chi connectivity index (χ1v) is 6.66. The zero-order chi connectivity index (χ0) is 11.7. The summed E-state index contributed by atoms with van der Waals surface area (Å²) in [7, 11) is 0. The number of aromatic nitrogens is 1. The van der Waals surface area contributed by atoms with E-state index in [0.29, 0.717) is 6.10 Å². The molecule has 0 aliphatic heterocycles. The van der Waals surface area contributed by atoms with Crippen LogP contribution >= 0.6 is 15.9 Å². The van der Waals surface area contributed by atoms with Gasteiger partial charge in [0.25, 0.3) is 0 Å². The summed E-state index contributed by atoms with van der Waals surface area (Å²) in [4.78, 5) is 4.43. The van der Waals surface area contributed by atoms with Crippen LogP contribution in [0.4, 0.5) is 0 Å². The lowest BCUT2D eigenvalue weighted by Crippen LogP contribution is -2.12. The highest BCUT2D eigenvalue weighted by Crippen LogP contribution is 2.32. The Bertz CT molecular complexity index is 392. The van der Waals surface area contributed by atoms with Crippen LogP contribution in [0, 0.1) is 19.8 Å². The average Bonchev–Trinajstić information content (AvgIpc) is 2.60. The van der Waals surface area contributed by atoms with E-state index in [9.17, 15) is 0 Å². The molecule has 0 radical (unpaired) electrons. The Kier molecular flexibility index (Phi) is 3.53. The summed E-state index contributed by atoms with van der Waals surface area (Å²) in [6.45, 7) is 6.37. The first kappa shape index (κ1) is 11.9. The van der Waals surface area contributed by atoms with Gasteiger partial charge in [-0.1, -0.05) is 6.92 Å². The Labute approximate surface area is 106 Å². The molecule has 1 aliphatic carbocycles. The second-order valence-electron chi connectivity index (χ2n) is 4.84. The van der Waals surface area contributed by atoms with Crippen molar-refractivity contribution >= 4 is 15.9 Å². The molecule has 1 saturated carbocycles. The smallest absolute Gasteiger partial charge is 0.152 e. The molecule has 16 heavy (non-hydrogen) atoms. The highest BCUT2D eigenvalue weighted by Gasteiger charge is 2.23. The van der Waals surface area contributed by atoms with Crippen LogP contribution in [0.2, 0.25) is 0 Å². The molecule has 0 aromatic carbocycles. The Morgan fingerprint density at radius 1 is 1.38 bits per heavy atom. The van der Waals surface area contributed by atoms with E-state index in [1.807, 2.05) is 6.92 Å². The summed E-state index contributed by atoms with van der Waals surface area (Å²) >= 11 is 3.47. The lowest BCUT2D eigenvalue weighted by molar-refractivity contribution is 0.203. The molecule has 0 unspecified atom stereocenters. The van der Waals surface area contributed by atoms with Crippen LogP contribution in [0.3, 0.4) is 0 Å². The molecular formula is C13H18BrNO. The standard InChI is InChI=1S/C13H18BrNO/c1-8-4-5-11(6-8)16-12-7-9(2)10(3)15-13(12)14/h7-8,11H,4-6H2,1-3H3/t8-,11+/m0/s1. The van der Waals surface area contributed by atoms with Gasteiger partial charge in [-0.05, 0) is 66.6 Å². The van der Waals surface area contributed by atoms with Crippen LogP contribution in [0.25, 0.3) is 0 Å². The number of ether oxygens (including phenoxy) is 1. The van der Waals surface area contributed by atoms with Crippen LogP contribution in [-0.4, -0.2) is 11.1 Å². The summed E-state index contributed by atoms with van der Waals surface area (Å²) in [6.07, 6.45) is 3.98. The normalized spacial score (nSPS) is 24.8. The molecule has 1 heterocycles. The van der Waals surface area contributed by atoms with E-state index in [2.05, 4.69) is 40.8 Å². The van der Waals surface area contributed by atoms with Crippen molar-refractivity contribution in [1.29, 1.82) is 0 Å². The fourth-order valence-corrected chi connectivity index (χ4v) is 2.65. The number of rotatable bonds is 2. The lowest BCUT2D eigenvalue weighted by atomic mass is 10.1. The third-order valence-corrected chi connectivity index (χ3v) is 3.90. The molecule has 3 heteroatoms. The van der Waals surface area contributed by atoms with Crippen molar-refractivity contribution < 1.29 is 4.74 Å². The maximum Gasteiger partial charge on any atom is 0.152 e. The van der Waals surface area contributed by atoms with Crippen molar-refractivity contribution in [2.75, 3.05) is 0 Å². The molecule has 88 valence electrons. The largest absolute Gasteiger partial charge is 0.488 e. The van der Waals surface area contributed by atoms with E-state index in [1.54, 1.807) is 0 Å². The first-order chi connectivity index (χ1) is 7.56. The minimum absolute atomic E-state index is 0.371. The zero-order valence-electron chi connectivity index (χ0n) is 10.1. The van der Waals surface area contributed by atoms with Crippen molar-refractivity contribution in [3.05, 3.63) is 21.9 Å². The summed E-state index contributed by atoms with van der Waals surface area (Å²) in [6, 6.07) is 2.08. The molecule has 0 spiro atoms. The topological polar surface area (TPSA) is 22.1 Å². The van der Waals surface area contributed by atoms with Crippen LogP contribution < -0.4 is 4.74 Å². The van der Waals surface area contributed by atoms with Gasteiger partial charge in [0, 0.05) is 5.69 Å². The predicted octanol–water partition coefficient (Wildman–Crippen LogP) is 4.03. The fraction of sp³-hybridized carbons (Fsp3) is 0.615. The summed E-state index contributed by atoms with van der Waals surface area (Å²) in [5, 5.41) is 0. The summed E-state index contributed by atoms with van der Waals surface area (Å²) in [5.41, 5.74) is 2.24. The highest BCUT2D eigenvalue weighted by atomic mass is 79.9. The Morgan fingerprint density at radius 2 is 2.12 bits per heavy atom. The average molecular weight is 284 g/mol. The lowest BCUT2D eigenvalue weighted by Gasteiger charge is -2.15. The molecule has 1 aromatic heterocycles. The van der Waals surface area contributed by atoms with Crippen LogP contribution in [-0.2, 0) is 0 Å². The van der Waals surface area contributed by atoms with Crippen molar-refractivity contribution in [2.24, 2.45) is 5.92 Å². The van der Waals surface area contributed by atoms with Gasteiger partial charge < -0.3 is 4.74 Å². The maximum absolute atomic E-state index is 6.00. The predicted molar refractivity (Wildman–Crippen MR) is 68.8 cm³/mol. The molecule has 0 bridgehead atoms. The van der Waals surface area contributed by atoms with Gasteiger partial charge in [-0.3, -0.25) is 0 Å². The molecular weight excluding hydrogens is 266 g/mol. The van der Waals surface area contributed by atoms with Crippen LogP contribution in [0.5, 0.6) is 5.75 Å². The Morgan fingerprint density at radius 3 is 2.75 bits per heavy atom.